The van der Waals surface area contributed by atoms with Crippen LogP contribution in [0.25, 0.3) is 0 Å². The van der Waals surface area contributed by atoms with Crippen molar-refractivity contribution in [2.45, 2.75) is 32.1 Å². The molecule has 6 heteroatoms. The average Bonchev–Trinajstić information content (AvgIpc) is 2.72. The first-order valence-electron chi connectivity index (χ1n) is 9.39. The van der Waals surface area contributed by atoms with E-state index < -0.39 is 0 Å². The fraction of sp³-hybridized carbons (Fsp3) is 0.429. The Kier molecular flexibility index (Phi) is 6.90. The third-order valence-electron chi connectivity index (χ3n) is 4.66. The predicted octanol–water partition coefficient (Wildman–Crippen LogP) is 4.07. The molecule has 1 aromatic heterocycles. The fourth-order valence-electron chi connectivity index (χ4n) is 3.21. The van der Waals surface area contributed by atoms with Crippen LogP contribution in [0.1, 0.15) is 32.1 Å². The Morgan fingerprint density at radius 2 is 1.78 bits per heavy atom. The molecular formula is C21H26N2O4. The number of carbonyl (C=O) groups excluding carboxylic acids is 1. The highest BCUT2D eigenvalue weighted by Gasteiger charge is 2.16. The number of hydrogen-bond acceptors (Lipinski definition) is 5. The van der Waals surface area contributed by atoms with Gasteiger partial charge in [0, 0.05) is 6.20 Å². The van der Waals surface area contributed by atoms with Crippen LogP contribution in [0.2, 0.25) is 0 Å². The van der Waals surface area contributed by atoms with Crippen LogP contribution in [-0.2, 0) is 4.79 Å². The van der Waals surface area contributed by atoms with Gasteiger partial charge in [0.1, 0.15) is 0 Å². The summed E-state index contributed by atoms with van der Waals surface area (Å²) in [5, 5.41) is 2.77. The molecule has 0 radical (unpaired) electrons. The molecule has 3 rings (SSSR count). The number of methoxy groups -OCH3 is 1. The molecule has 0 aliphatic heterocycles. The molecule has 1 heterocycles. The minimum atomic E-state index is -0.304. The standard InChI is InChI=1S/C21H26N2O4/c1-25-17-10-5-6-11-18(17)27-15-20(24)23-21-19(12-7-13-22-21)26-14-16-8-3-2-4-9-16/h5-7,10-13,16H,2-4,8-9,14-15H2,1H3,(H,22,23,24). The number of pyridine rings is 1. The van der Waals surface area contributed by atoms with E-state index in [1.165, 1.54) is 32.1 Å². The largest absolute Gasteiger partial charge is 0.493 e. The highest BCUT2D eigenvalue weighted by molar-refractivity contribution is 5.92. The molecule has 27 heavy (non-hydrogen) atoms. The van der Waals surface area contributed by atoms with Gasteiger partial charge in [-0.3, -0.25) is 4.79 Å². The van der Waals surface area contributed by atoms with Gasteiger partial charge in [-0.15, -0.1) is 0 Å². The molecule has 1 aliphatic rings. The number of hydrogen-bond donors (Lipinski definition) is 1. The molecule has 1 amide bonds. The summed E-state index contributed by atoms with van der Waals surface area (Å²) in [6.07, 6.45) is 7.89. The monoisotopic (exact) mass is 370 g/mol. The Morgan fingerprint density at radius 1 is 1.04 bits per heavy atom. The van der Waals surface area contributed by atoms with E-state index >= 15 is 0 Å². The summed E-state index contributed by atoms with van der Waals surface area (Å²) >= 11 is 0. The molecule has 6 nitrogen and oxygen atoms in total. The van der Waals surface area contributed by atoms with E-state index in [0.29, 0.717) is 35.6 Å². The van der Waals surface area contributed by atoms with Crippen LogP contribution >= 0.6 is 0 Å². The quantitative estimate of drug-likeness (QED) is 0.759. The van der Waals surface area contributed by atoms with Gasteiger partial charge < -0.3 is 19.5 Å². The number of ether oxygens (including phenoxy) is 3. The highest BCUT2D eigenvalue weighted by atomic mass is 16.5. The van der Waals surface area contributed by atoms with Crippen LogP contribution in [0.5, 0.6) is 17.2 Å². The highest BCUT2D eigenvalue weighted by Crippen LogP contribution is 2.28. The lowest BCUT2D eigenvalue weighted by Crippen LogP contribution is -2.22. The molecule has 0 unspecified atom stereocenters. The van der Waals surface area contributed by atoms with Crippen LogP contribution in [-0.4, -0.2) is 31.2 Å². The zero-order chi connectivity index (χ0) is 18.9. The summed E-state index contributed by atoms with van der Waals surface area (Å²) in [6, 6.07) is 10.8. The average molecular weight is 370 g/mol. The summed E-state index contributed by atoms with van der Waals surface area (Å²) in [4.78, 5) is 16.5. The van der Waals surface area contributed by atoms with Crippen molar-refractivity contribution in [3.8, 4) is 17.2 Å². The molecule has 0 atom stereocenters. The lowest BCUT2D eigenvalue weighted by Gasteiger charge is -2.22. The first-order valence-corrected chi connectivity index (χ1v) is 9.39. The van der Waals surface area contributed by atoms with Gasteiger partial charge in [-0.05, 0) is 43.0 Å². The summed E-state index contributed by atoms with van der Waals surface area (Å²) < 4.78 is 16.7. The summed E-state index contributed by atoms with van der Waals surface area (Å²) in [7, 11) is 1.56. The van der Waals surface area contributed by atoms with Crippen molar-refractivity contribution in [2.75, 3.05) is 25.6 Å². The maximum Gasteiger partial charge on any atom is 0.263 e. The van der Waals surface area contributed by atoms with Crippen molar-refractivity contribution >= 4 is 11.7 Å². The third kappa shape index (κ3) is 5.61. The van der Waals surface area contributed by atoms with Crippen molar-refractivity contribution in [2.24, 2.45) is 5.92 Å². The normalized spacial score (nSPS) is 14.4. The number of aromatic nitrogens is 1. The topological polar surface area (TPSA) is 69.7 Å². The smallest absolute Gasteiger partial charge is 0.263 e. The number of nitrogens with zero attached hydrogens (tertiary/aromatic N) is 1. The molecule has 0 saturated heterocycles. The molecule has 1 aromatic carbocycles. The van der Waals surface area contributed by atoms with Crippen molar-refractivity contribution in [1.29, 1.82) is 0 Å². The number of amides is 1. The molecule has 144 valence electrons. The lowest BCUT2D eigenvalue weighted by molar-refractivity contribution is -0.118. The summed E-state index contributed by atoms with van der Waals surface area (Å²) in [5.41, 5.74) is 0. The molecule has 0 spiro atoms. The van der Waals surface area contributed by atoms with Crippen molar-refractivity contribution in [3.05, 3.63) is 42.6 Å². The van der Waals surface area contributed by atoms with Crippen LogP contribution in [0.3, 0.4) is 0 Å². The lowest BCUT2D eigenvalue weighted by atomic mass is 9.90. The van der Waals surface area contributed by atoms with Gasteiger partial charge in [-0.25, -0.2) is 4.98 Å². The zero-order valence-electron chi connectivity index (χ0n) is 15.6. The van der Waals surface area contributed by atoms with E-state index in [1.807, 2.05) is 18.2 Å². The van der Waals surface area contributed by atoms with Crippen LogP contribution in [0.4, 0.5) is 5.82 Å². The van der Waals surface area contributed by atoms with E-state index in [0.717, 1.165) is 0 Å². The van der Waals surface area contributed by atoms with Crippen LogP contribution < -0.4 is 19.5 Å². The maximum atomic E-state index is 12.3. The van der Waals surface area contributed by atoms with E-state index in [9.17, 15) is 4.79 Å². The summed E-state index contributed by atoms with van der Waals surface area (Å²) in [6.45, 7) is 0.519. The Morgan fingerprint density at radius 3 is 2.56 bits per heavy atom. The minimum absolute atomic E-state index is 0.140. The number of benzene rings is 1. The number of para-hydroxylation sites is 2. The molecule has 1 fully saturated rings. The summed E-state index contributed by atoms with van der Waals surface area (Å²) in [5.74, 6) is 2.39. The van der Waals surface area contributed by atoms with Gasteiger partial charge >= 0.3 is 0 Å². The Hall–Kier alpha value is -2.76. The van der Waals surface area contributed by atoms with Gasteiger partial charge in [-0.1, -0.05) is 31.4 Å². The van der Waals surface area contributed by atoms with Gasteiger partial charge in [0.2, 0.25) is 0 Å². The first-order chi connectivity index (χ1) is 13.3. The number of rotatable bonds is 8. The number of carbonyl (C=O) groups is 1. The van der Waals surface area contributed by atoms with E-state index in [2.05, 4.69) is 10.3 Å². The number of nitrogens with one attached hydrogen (secondary N) is 1. The van der Waals surface area contributed by atoms with Gasteiger partial charge in [0.05, 0.1) is 13.7 Å². The SMILES string of the molecule is COc1ccccc1OCC(=O)Nc1ncccc1OCC1CCCCC1. The van der Waals surface area contributed by atoms with E-state index in [4.69, 9.17) is 14.2 Å². The van der Waals surface area contributed by atoms with E-state index in [1.54, 1.807) is 31.5 Å². The number of anilines is 1. The fourth-order valence-corrected chi connectivity index (χ4v) is 3.21. The zero-order valence-corrected chi connectivity index (χ0v) is 15.6. The van der Waals surface area contributed by atoms with Crippen LogP contribution in [0, 0.1) is 5.92 Å². The molecule has 1 saturated carbocycles. The van der Waals surface area contributed by atoms with Gasteiger partial charge in [0.25, 0.3) is 5.91 Å². The van der Waals surface area contributed by atoms with Crippen molar-refractivity contribution in [3.63, 3.8) is 0 Å². The maximum absolute atomic E-state index is 12.3. The van der Waals surface area contributed by atoms with E-state index in [-0.39, 0.29) is 12.5 Å². The molecule has 0 bridgehead atoms. The third-order valence-corrected chi connectivity index (χ3v) is 4.66. The Bertz CT molecular complexity index is 744. The Balaban J connectivity index is 1.54. The molecule has 2 aromatic rings. The van der Waals surface area contributed by atoms with Crippen molar-refractivity contribution in [1.82, 2.24) is 4.98 Å². The second-order valence-corrected chi connectivity index (χ2v) is 6.65. The van der Waals surface area contributed by atoms with Gasteiger partial charge in [-0.2, -0.15) is 0 Å². The van der Waals surface area contributed by atoms with Crippen molar-refractivity contribution < 1.29 is 19.0 Å². The predicted molar refractivity (Wildman–Crippen MR) is 103 cm³/mol. The van der Waals surface area contributed by atoms with Gasteiger partial charge in [0.15, 0.2) is 29.7 Å². The second-order valence-electron chi connectivity index (χ2n) is 6.65. The molecular weight excluding hydrogens is 344 g/mol. The molecule has 1 aliphatic carbocycles. The Labute approximate surface area is 159 Å². The second kappa shape index (κ2) is 9.80. The molecule has 1 N–H and O–H groups in total. The first kappa shape index (κ1) is 19.0. The minimum Gasteiger partial charge on any atom is -0.493 e. The van der Waals surface area contributed by atoms with Crippen LogP contribution in [0.15, 0.2) is 42.6 Å².